The molecule has 0 aromatic rings. The molecule has 2 atom stereocenters. The summed E-state index contributed by atoms with van der Waals surface area (Å²) in [6.07, 6.45) is 13.0. The lowest BCUT2D eigenvalue weighted by molar-refractivity contribution is -0.205. The third-order valence-electron chi connectivity index (χ3n) is 7.52. The van der Waals surface area contributed by atoms with Crippen molar-refractivity contribution in [1.82, 2.24) is 0 Å². The summed E-state index contributed by atoms with van der Waals surface area (Å²) in [5.41, 5.74) is -4.06. The Morgan fingerprint density at radius 2 is 1.13 bits per heavy atom. The van der Waals surface area contributed by atoms with Gasteiger partial charge in [0.1, 0.15) is 5.41 Å². The molecule has 0 amide bonds. The smallest absolute Gasteiger partial charge is 0.337 e. The number of ether oxygens (including phenoxy) is 1. The van der Waals surface area contributed by atoms with E-state index in [-0.39, 0.29) is 31.3 Å². The van der Waals surface area contributed by atoms with E-state index in [0.29, 0.717) is 0 Å². The number of rotatable bonds is 22. The topological polar surface area (TPSA) is 158 Å². The van der Waals surface area contributed by atoms with Gasteiger partial charge in [0, 0.05) is 6.61 Å². The maximum atomic E-state index is 11.6. The Hall–Kier alpha value is -2.16. The average molecular weight is 547 g/mol. The molecule has 2 unspecified atom stereocenters. The molecular weight excluding hydrogens is 492 g/mol. The molecular formula is C29H54O9. The Labute approximate surface area is 229 Å². The molecule has 0 bridgehead atoms. The summed E-state index contributed by atoms with van der Waals surface area (Å²) < 4.78 is 5.15. The van der Waals surface area contributed by atoms with E-state index in [1.165, 1.54) is 78.6 Å². The maximum Gasteiger partial charge on any atom is 0.337 e. The number of hydrogen-bond donors (Lipinski definition) is 4. The van der Waals surface area contributed by atoms with E-state index in [2.05, 4.69) is 6.92 Å². The van der Waals surface area contributed by atoms with Gasteiger partial charge in [-0.15, -0.1) is 0 Å². The molecule has 0 radical (unpaired) electrons. The Morgan fingerprint density at radius 1 is 0.684 bits per heavy atom. The molecule has 9 heteroatoms. The summed E-state index contributed by atoms with van der Waals surface area (Å²) in [4.78, 5) is 45.1. The summed E-state index contributed by atoms with van der Waals surface area (Å²) in [7, 11) is 0. The normalized spacial score (nSPS) is 13.8. The van der Waals surface area contributed by atoms with E-state index in [4.69, 9.17) is 14.9 Å². The highest BCUT2D eigenvalue weighted by atomic mass is 16.5. The predicted octanol–water partition coefficient (Wildman–Crippen LogP) is 6.87. The van der Waals surface area contributed by atoms with Crippen molar-refractivity contribution in [3.63, 3.8) is 0 Å². The van der Waals surface area contributed by atoms with Crippen molar-refractivity contribution in [2.24, 2.45) is 17.3 Å². The molecule has 9 nitrogen and oxygen atoms in total. The van der Waals surface area contributed by atoms with Crippen LogP contribution >= 0.6 is 0 Å². The number of carbonyl (C=O) groups is 4. The Morgan fingerprint density at radius 3 is 1.42 bits per heavy atom. The van der Waals surface area contributed by atoms with Crippen LogP contribution in [0.3, 0.4) is 0 Å². The van der Waals surface area contributed by atoms with Crippen LogP contribution in [0, 0.1) is 17.3 Å². The van der Waals surface area contributed by atoms with Crippen LogP contribution in [0.1, 0.15) is 131 Å². The molecule has 0 saturated carbocycles. The predicted molar refractivity (Wildman–Crippen MR) is 147 cm³/mol. The highest BCUT2D eigenvalue weighted by Crippen LogP contribution is 2.44. The molecule has 0 aromatic carbocycles. The fraction of sp³-hybridized carbons (Fsp3) is 0.862. The molecule has 0 aliphatic heterocycles. The highest BCUT2D eigenvalue weighted by Gasteiger charge is 2.62. The van der Waals surface area contributed by atoms with Crippen LogP contribution in [0.15, 0.2) is 0 Å². The largest absolute Gasteiger partial charge is 0.481 e. The summed E-state index contributed by atoms with van der Waals surface area (Å²) in [6.45, 7) is 10.7. The summed E-state index contributed by atoms with van der Waals surface area (Å²) in [5, 5.41) is 36.8. The summed E-state index contributed by atoms with van der Waals surface area (Å²) in [5.74, 6) is -4.85. The Bertz CT molecular complexity index is 686. The van der Waals surface area contributed by atoms with Gasteiger partial charge in [0.05, 0.1) is 12.3 Å². The van der Waals surface area contributed by atoms with E-state index in [9.17, 15) is 29.4 Å². The zero-order chi connectivity index (χ0) is 29.8. The van der Waals surface area contributed by atoms with Crippen molar-refractivity contribution in [3.8, 4) is 0 Å². The van der Waals surface area contributed by atoms with Crippen LogP contribution in [0.4, 0.5) is 0 Å². The molecule has 38 heavy (non-hydrogen) atoms. The van der Waals surface area contributed by atoms with Crippen molar-refractivity contribution >= 4 is 23.9 Å². The maximum absolute atomic E-state index is 11.6. The van der Waals surface area contributed by atoms with E-state index in [0.717, 1.165) is 12.8 Å². The second-order valence-electron chi connectivity index (χ2n) is 10.4. The molecule has 0 rings (SSSR count). The van der Waals surface area contributed by atoms with Gasteiger partial charge >= 0.3 is 23.9 Å². The van der Waals surface area contributed by atoms with E-state index in [1.54, 1.807) is 0 Å². The van der Waals surface area contributed by atoms with Gasteiger partial charge in [0.25, 0.3) is 0 Å². The fourth-order valence-corrected chi connectivity index (χ4v) is 5.05. The van der Waals surface area contributed by atoms with Gasteiger partial charge in [0.2, 0.25) is 0 Å². The highest BCUT2D eigenvalue weighted by molar-refractivity contribution is 5.92. The lowest BCUT2D eigenvalue weighted by Gasteiger charge is -2.42. The van der Waals surface area contributed by atoms with Crippen molar-refractivity contribution in [2.45, 2.75) is 137 Å². The first-order valence-electron chi connectivity index (χ1n) is 14.4. The zero-order valence-corrected chi connectivity index (χ0v) is 24.6. The van der Waals surface area contributed by atoms with Crippen LogP contribution in [-0.2, 0) is 23.9 Å². The minimum atomic E-state index is -2.27. The lowest BCUT2D eigenvalue weighted by atomic mass is 9.66. The molecule has 0 aliphatic rings. The SMILES string of the molecule is CCCCCCCCCCCCC(C(=O)O)C(C)C.CCOC(CC(=O)O)(C(=O)O)C(CC)(CC)C(=O)O. The number of carboxylic acids is 4. The van der Waals surface area contributed by atoms with Crippen LogP contribution in [0.5, 0.6) is 0 Å². The molecule has 4 N–H and O–H groups in total. The Kier molecular flexibility index (Phi) is 20.8. The lowest BCUT2D eigenvalue weighted by Crippen LogP contribution is -2.60. The number of carboxylic acid groups (broad SMARTS) is 4. The Balaban J connectivity index is 0. The quantitative estimate of drug-likeness (QED) is 0.106. The first-order valence-corrected chi connectivity index (χ1v) is 14.4. The molecule has 0 heterocycles. The molecule has 0 spiro atoms. The molecule has 0 aliphatic carbocycles. The van der Waals surface area contributed by atoms with Gasteiger partial charge in [-0.2, -0.15) is 0 Å². The van der Waals surface area contributed by atoms with E-state index < -0.39 is 41.3 Å². The molecule has 0 aromatic heterocycles. The summed E-state index contributed by atoms with van der Waals surface area (Å²) >= 11 is 0. The molecule has 0 saturated heterocycles. The first kappa shape index (κ1) is 38.0. The molecule has 0 fully saturated rings. The van der Waals surface area contributed by atoms with Gasteiger partial charge in [-0.3, -0.25) is 14.4 Å². The third kappa shape index (κ3) is 12.6. The molecule has 224 valence electrons. The van der Waals surface area contributed by atoms with Gasteiger partial charge in [-0.05, 0) is 32.1 Å². The summed E-state index contributed by atoms with van der Waals surface area (Å²) in [6, 6.07) is 0. The minimum absolute atomic E-state index is 0.0432. The zero-order valence-electron chi connectivity index (χ0n) is 24.6. The van der Waals surface area contributed by atoms with Gasteiger partial charge in [0.15, 0.2) is 5.60 Å². The van der Waals surface area contributed by atoms with Crippen LogP contribution in [0.2, 0.25) is 0 Å². The van der Waals surface area contributed by atoms with Crippen LogP contribution < -0.4 is 0 Å². The number of unbranched alkanes of at least 4 members (excludes halogenated alkanes) is 9. The average Bonchev–Trinajstić information content (AvgIpc) is 2.82. The fourth-order valence-electron chi connectivity index (χ4n) is 5.05. The van der Waals surface area contributed by atoms with Crippen molar-refractivity contribution in [3.05, 3.63) is 0 Å². The monoisotopic (exact) mass is 546 g/mol. The third-order valence-corrected chi connectivity index (χ3v) is 7.52. The second-order valence-corrected chi connectivity index (χ2v) is 10.4. The van der Waals surface area contributed by atoms with Gasteiger partial charge in [-0.1, -0.05) is 98.8 Å². The van der Waals surface area contributed by atoms with E-state index in [1.807, 2.05) is 13.8 Å². The van der Waals surface area contributed by atoms with Crippen LogP contribution in [0.25, 0.3) is 0 Å². The number of aliphatic carboxylic acids is 4. The van der Waals surface area contributed by atoms with Crippen molar-refractivity contribution in [1.29, 1.82) is 0 Å². The van der Waals surface area contributed by atoms with Crippen molar-refractivity contribution in [2.75, 3.05) is 6.61 Å². The number of hydrogen-bond acceptors (Lipinski definition) is 5. The standard InChI is InChI=1S/C17H34O2.C12H20O7/c1-4-5-6-7-8-9-10-11-12-13-14-16(15(2)3)17(18)19;1-4-11(5-2,9(15)16)12(10(17)18,19-6-3)7-8(13)14/h15-16H,4-14H2,1-3H3,(H,18,19);4-7H2,1-3H3,(H,13,14)(H,15,16)(H,17,18). The van der Waals surface area contributed by atoms with Gasteiger partial charge in [-0.25, -0.2) is 4.79 Å². The first-order chi connectivity index (χ1) is 17.8. The van der Waals surface area contributed by atoms with Crippen LogP contribution in [-0.4, -0.2) is 56.5 Å². The second kappa shape index (κ2) is 20.8. The van der Waals surface area contributed by atoms with Crippen molar-refractivity contribution < 1.29 is 44.3 Å². The van der Waals surface area contributed by atoms with E-state index >= 15 is 0 Å². The minimum Gasteiger partial charge on any atom is -0.481 e. The van der Waals surface area contributed by atoms with Gasteiger partial charge < -0.3 is 25.2 Å².